The summed E-state index contributed by atoms with van der Waals surface area (Å²) >= 11 is 4.98. The molecule has 0 aliphatic carbocycles. The van der Waals surface area contributed by atoms with Crippen LogP contribution in [0, 0.1) is 4.77 Å². The maximum absolute atomic E-state index is 11.8. The zero-order valence-corrected chi connectivity index (χ0v) is 12.7. The topological polar surface area (TPSA) is 109 Å². The number of hydrogen-bond acceptors (Lipinski definition) is 6. The second kappa shape index (κ2) is 8.32. The first kappa shape index (κ1) is 17.1. The average molecular weight is 314 g/mol. The van der Waals surface area contributed by atoms with Crippen molar-refractivity contribution in [3.8, 4) is 5.88 Å². The molecule has 0 aliphatic heterocycles. The van der Waals surface area contributed by atoms with Crippen LogP contribution in [-0.2, 0) is 16.1 Å². The number of rotatable bonds is 7. The molecule has 0 unspecified atom stereocenters. The Kier molecular flexibility index (Phi) is 6.76. The van der Waals surface area contributed by atoms with E-state index in [0.717, 1.165) is 0 Å². The number of aromatic hydroxyl groups is 1. The fourth-order valence-electron chi connectivity index (χ4n) is 1.53. The fourth-order valence-corrected chi connectivity index (χ4v) is 1.80. The van der Waals surface area contributed by atoms with E-state index in [1.165, 1.54) is 24.8 Å². The van der Waals surface area contributed by atoms with Crippen molar-refractivity contribution in [1.82, 2.24) is 14.9 Å². The largest absolute Gasteiger partial charge is 0.494 e. The Morgan fingerprint density at radius 2 is 2.33 bits per heavy atom. The molecular weight excluding hydrogens is 296 g/mol. The van der Waals surface area contributed by atoms with Crippen LogP contribution in [0.5, 0.6) is 5.88 Å². The van der Waals surface area contributed by atoms with Crippen molar-refractivity contribution in [2.45, 2.75) is 13.5 Å². The number of nitrogens with one attached hydrogen (secondary N) is 2. The van der Waals surface area contributed by atoms with Crippen molar-refractivity contribution >= 4 is 24.3 Å². The van der Waals surface area contributed by atoms with E-state index in [0.29, 0.717) is 26.2 Å². The third kappa shape index (κ3) is 5.12. The van der Waals surface area contributed by atoms with Gasteiger partial charge in [-0.2, -0.15) is 0 Å². The van der Waals surface area contributed by atoms with Gasteiger partial charge in [0.05, 0.1) is 19.7 Å². The van der Waals surface area contributed by atoms with Crippen LogP contribution >= 0.6 is 12.2 Å². The molecule has 0 aromatic carbocycles. The van der Waals surface area contributed by atoms with Gasteiger partial charge in [0.15, 0.2) is 4.77 Å². The molecule has 3 N–H and O–H groups in total. The number of carbonyl (C=O) groups excluding carboxylic acids is 1. The van der Waals surface area contributed by atoms with E-state index in [2.05, 4.69) is 15.3 Å². The Morgan fingerprint density at radius 1 is 1.62 bits per heavy atom. The summed E-state index contributed by atoms with van der Waals surface area (Å²) in [5.74, 6) is -0.414. The van der Waals surface area contributed by atoms with Crippen molar-refractivity contribution in [2.24, 2.45) is 4.99 Å². The van der Waals surface area contributed by atoms with Gasteiger partial charge in [0.1, 0.15) is 5.56 Å². The van der Waals surface area contributed by atoms with Gasteiger partial charge in [0, 0.05) is 26.8 Å². The monoisotopic (exact) mass is 314 g/mol. The number of aromatic nitrogens is 2. The molecule has 0 atom stereocenters. The minimum Gasteiger partial charge on any atom is -0.494 e. The quantitative estimate of drug-likeness (QED) is 0.367. The van der Waals surface area contributed by atoms with Crippen molar-refractivity contribution in [2.75, 3.05) is 26.8 Å². The number of ether oxygens (including phenoxy) is 1. The Labute approximate surface area is 126 Å². The Hall–Kier alpha value is -2.00. The smallest absolute Gasteiger partial charge is 0.264 e. The summed E-state index contributed by atoms with van der Waals surface area (Å²) < 4.78 is 6.39. The van der Waals surface area contributed by atoms with Gasteiger partial charge in [-0.1, -0.05) is 0 Å². The number of aliphatic imine (C=N–C) groups is 1. The van der Waals surface area contributed by atoms with Crippen LogP contribution in [-0.4, -0.2) is 53.6 Å². The fraction of sp³-hybridized carbons (Fsp3) is 0.500. The summed E-state index contributed by atoms with van der Waals surface area (Å²) in [4.78, 5) is 28.9. The summed E-state index contributed by atoms with van der Waals surface area (Å²) in [7, 11) is 1.52. The Morgan fingerprint density at radius 3 is 2.95 bits per heavy atom. The summed E-state index contributed by atoms with van der Waals surface area (Å²) in [6, 6.07) is 0. The summed E-state index contributed by atoms with van der Waals surface area (Å²) in [5, 5.41) is 12.7. The van der Waals surface area contributed by atoms with Crippen molar-refractivity contribution in [3.05, 3.63) is 20.7 Å². The normalized spacial score (nSPS) is 11.0. The minimum atomic E-state index is -0.519. The molecule has 0 fully saturated rings. The van der Waals surface area contributed by atoms with Crippen molar-refractivity contribution in [3.63, 3.8) is 0 Å². The van der Waals surface area contributed by atoms with Gasteiger partial charge in [0.2, 0.25) is 11.8 Å². The van der Waals surface area contributed by atoms with Gasteiger partial charge in [-0.25, -0.2) is 0 Å². The van der Waals surface area contributed by atoms with Crippen LogP contribution in [0.15, 0.2) is 9.79 Å². The van der Waals surface area contributed by atoms with Crippen LogP contribution < -0.4 is 10.9 Å². The lowest BCUT2D eigenvalue weighted by molar-refractivity contribution is -0.118. The highest BCUT2D eigenvalue weighted by Crippen LogP contribution is 2.11. The highest BCUT2D eigenvalue weighted by atomic mass is 32.1. The van der Waals surface area contributed by atoms with Crippen LogP contribution in [0.3, 0.4) is 0 Å². The predicted molar refractivity (Wildman–Crippen MR) is 80.6 cm³/mol. The maximum Gasteiger partial charge on any atom is 0.264 e. The number of carbonyl (C=O) groups is 1. The SMILES string of the molecule is COCCn1c(O)c(C=NCCNC(C)=O)c(=O)[nH]c1=S. The molecule has 0 aliphatic rings. The molecule has 0 radical (unpaired) electrons. The summed E-state index contributed by atoms with van der Waals surface area (Å²) in [6.07, 6.45) is 1.26. The van der Waals surface area contributed by atoms with Crippen molar-refractivity contribution in [1.29, 1.82) is 0 Å². The molecule has 1 aromatic heterocycles. The first-order valence-corrected chi connectivity index (χ1v) is 6.67. The van der Waals surface area contributed by atoms with E-state index >= 15 is 0 Å². The Bertz CT molecular complexity index is 635. The lowest BCUT2D eigenvalue weighted by Gasteiger charge is -2.10. The first-order chi connectivity index (χ1) is 9.97. The lowest BCUT2D eigenvalue weighted by atomic mass is 10.3. The zero-order valence-electron chi connectivity index (χ0n) is 11.9. The molecule has 116 valence electrons. The lowest BCUT2D eigenvalue weighted by Crippen LogP contribution is -2.23. The molecular formula is C12H18N4O4S. The number of H-pyrrole nitrogens is 1. The third-order valence-electron chi connectivity index (χ3n) is 2.56. The van der Waals surface area contributed by atoms with Crippen LogP contribution in [0.4, 0.5) is 0 Å². The molecule has 21 heavy (non-hydrogen) atoms. The van der Waals surface area contributed by atoms with E-state index in [1.54, 1.807) is 0 Å². The molecule has 0 saturated carbocycles. The number of nitrogens with zero attached hydrogens (tertiary/aromatic N) is 2. The van der Waals surface area contributed by atoms with Gasteiger partial charge >= 0.3 is 0 Å². The molecule has 1 heterocycles. The second-order valence-corrected chi connectivity index (χ2v) is 4.55. The van der Waals surface area contributed by atoms with Gasteiger partial charge in [-0.15, -0.1) is 0 Å². The van der Waals surface area contributed by atoms with Crippen LogP contribution in [0.2, 0.25) is 0 Å². The number of aromatic amines is 1. The van der Waals surface area contributed by atoms with E-state index < -0.39 is 5.56 Å². The maximum atomic E-state index is 11.8. The highest BCUT2D eigenvalue weighted by Gasteiger charge is 2.10. The predicted octanol–water partition coefficient (Wildman–Crippen LogP) is -0.187. The zero-order chi connectivity index (χ0) is 15.8. The average Bonchev–Trinajstić information content (AvgIpc) is 2.41. The highest BCUT2D eigenvalue weighted by molar-refractivity contribution is 7.71. The van der Waals surface area contributed by atoms with E-state index in [1.807, 2.05) is 0 Å². The van der Waals surface area contributed by atoms with Crippen LogP contribution in [0.25, 0.3) is 0 Å². The molecule has 0 saturated heterocycles. The van der Waals surface area contributed by atoms with Crippen molar-refractivity contribution < 1.29 is 14.6 Å². The summed E-state index contributed by atoms with van der Waals surface area (Å²) in [6.45, 7) is 2.71. The van der Waals surface area contributed by atoms with Gasteiger partial charge < -0.3 is 15.2 Å². The van der Waals surface area contributed by atoms with Crippen LogP contribution in [0.1, 0.15) is 12.5 Å². The number of amides is 1. The summed E-state index contributed by atoms with van der Waals surface area (Å²) in [5.41, 5.74) is -0.503. The second-order valence-electron chi connectivity index (χ2n) is 4.16. The third-order valence-corrected chi connectivity index (χ3v) is 2.88. The van der Waals surface area contributed by atoms with E-state index in [4.69, 9.17) is 17.0 Å². The molecule has 8 nitrogen and oxygen atoms in total. The standard InChI is InChI=1S/C12H18N4O4S/c1-8(17)14-4-3-13-7-9-10(18)15-12(21)16(11(9)19)5-6-20-2/h7,19H,3-6H2,1-2H3,(H,14,17)(H,15,18,21). The Balaban J connectivity index is 2.91. The molecule has 1 amide bonds. The molecule has 0 bridgehead atoms. The van der Waals surface area contributed by atoms with Gasteiger partial charge in [-0.05, 0) is 12.2 Å². The molecule has 0 spiro atoms. The number of hydrogen-bond donors (Lipinski definition) is 3. The van der Waals surface area contributed by atoms with E-state index in [9.17, 15) is 14.7 Å². The minimum absolute atomic E-state index is 0.0162. The number of methoxy groups -OCH3 is 1. The first-order valence-electron chi connectivity index (χ1n) is 6.26. The molecule has 1 aromatic rings. The van der Waals surface area contributed by atoms with Gasteiger partial charge in [0.25, 0.3) is 5.56 Å². The van der Waals surface area contributed by atoms with E-state index in [-0.39, 0.29) is 22.1 Å². The molecule has 1 rings (SSSR count). The van der Waals surface area contributed by atoms with Gasteiger partial charge in [-0.3, -0.25) is 24.1 Å². The molecule has 9 heteroatoms.